The normalized spacial score (nSPS) is 20.9. The molecule has 3 N–H and O–H groups in total. The minimum Gasteiger partial charge on any atom is -0.351 e. The fourth-order valence-corrected chi connectivity index (χ4v) is 3.15. The molecule has 0 spiro atoms. The summed E-state index contributed by atoms with van der Waals surface area (Å²) in [7, 11) is 0. The van der Waals surface area contributed by atoms with Crippen molar-refractivity contribution in [2.75, 3.05) is 19.6 Å². The highest BCUT2D eigenvalue weighted by atomic mass is 16.1. The third-order valence-electron chi connectivity index (χ3n) is 4.69. The topological polar surface area (TPSA) is 58.4 Å². The molecule has 0 bridgehead atoms. The maximum absolute atomic E-state index is 12.1. The Bertz CT molecular complexity index is 318. The summed E-state index contributed by atoms with van der Waals surface area (Å²) in [5.74, 6) is 0.110. The minimum atomic E-state index is -0.169. The highest BCUT2D eigenvalue weighted by molar-refractivity contribution is 5.77. The zero-order valence-electron chi connectivity index (χ0n) is 14.0. The molecule has 1 rings (SSSR count). The van der Waals surface area contributed by atoms with E-state index in [0.29, 0.717) is 18.4 Å². The molecule has 4 nitrogen and oxygen atoms in total. The molecule has 1 fully saturated rings. The van der Waals surface area contributed by atoms with Crippen molar-refractivity contribution in [2.24, 2.45) is 11.1 Å². The van der Waals surface area contributed by atoms with Crippen molar-refractivity contribution in [3.63, 3.8) is 0 Å². The zero-order valence-corrected chi connectivity index (χ0v) is 14.0. The second kappa shape index (κ2) is 6.90. The molecule has 1 unspecified atom stereocenters. The van der Waals surface area contributed by atoms with Gasteiger partial charge in [0, 0.05) is 31.1 Å². The van der Waals surface area contributed by atoms with Gasteiger partial charge >= 0.3 is 0 Å². The van der Waals surface area contributed by atoms with Crippen molar-refractivity contribution in [1.29, 1.82) is 0 Å². The molecule has 1 amide bonds. The van der Waals surface area contributed by atoms with Crippen LogP contribution in [0, 0.1) is 5.41 Å². The number of hydrogen-bond donors (Lipinski definition) is 2. The van der Waals surface area contributed by atoms with Crippen molar-refractivity contribution < 1.29 is 4.79 Å². The van der Waals surface area contributed by atoms with Crippen LogP contribution in [-0.2, 0) is 4.79 Å². The average Bonchev–Trinajstić information content (AvgIpc) is 2.79. The van der Waals surface area contributed by atoms with E-state index < -0.39 is 0 Å². The maximum Gasteiger partial charge on any atom is 0.222 e. The molecule has 1 atom stereocenters. The smallest absolute Gasteiger partial charge is 0.222 e. The molecule has 0 aromatic rings. The Kier molecular flexibility index (Phi) is 6.02. The van der Waals surface area contributed by atoms with Crippen LogP contribution in [0.15, 0.2) is 0 Å². The lowest BCUT2D eigenvalue weighted by Gasteiger charge is -2.31. The lowest BCUT2D eigenvalue weighted by atomic mass is 9.82. The van der Waals surface area contributed by atoms with Gasteiger partial charge in [-0.25, -0.2) is 0 Å². The number of nitrogens with one attached hydrogen (secondary N) is 1. The first-order chi connectivity index (χ1) is 9.25. The van der Waals surface area contributed by atoms with Gasteiger partial charge < -0.3 is 11.1 Å². The second-order valence-electron chi connectivity index (χ2n) is 7.32. The fraction of sp³-hybridized carbons (Fsp3) is 0.938. The molecule has 0 aliphatic carbocycles. The number of hydrogen-bond acceptors (Lipinski definition) is 3. The van der Waals surface area contributed by atoms with Gasteiger partial charge in [0.25, 0.3) is 0 Å². The summed E-state index contributed by atoms with van der Waals surface area (Å²) in [6.45, 7) is 13.3. The highest BCUT2D eigenvalue weighted by Gasteiger charge is 2.37. The third-order valence-corrected chi connectivity index (χ3v) is 4.69. The van der Waals surface area contributed by atoms with Crippen molar-refractivity contribution in [1.82, 2.24) is 10.2 Å². The number of amides is 1. The molecule has 1 saturated heterocycles. The Morgan fingerprint density at radius 3 is 2.35 bits per heavy atom. The Morgan fingerprint density at radius 2 is 1.95 bits per heavy atom. The molecular weight excluding hydrogens is 250 g/mol. The molecule has 1 aliphatic rings. The summed E-state index contributed by atoms with van der Waals surface area (Å²) >= 11 is 0. The van der Waals surface area contributed by atoms with Crippen LogP contribution in [-0.4, -0.2) is 42.0 Å². The van der Waals surface area contributed by atoms with Crippen molar-refractivity contribution in [3.05, 3.63) is 0 Å². The molecule has 0 radical (unpaired) electrons. The number of likely N-dealkylation sites (tertiary alicyclic amines) is 1. The Balaban J connectivity index is 2.58. The molecule has 1 heterocycles. The molecular formula is C16H33N3O. The summed E-state index contributed by atoms with van der Waals surface area (Å²) in [5, 5.41) is 3.03. The lowest BCUT2D eigenvalue weighted by molar-refractivity contribution is -0.123. The van der Waals surface area contributed by atoms with Crippen LogP contribution in [0.2, 0.25) is 0 Å². The Hall–Kier alpha value is -0.610. The van der Waals surface area contributed by atoms with E-state index in [9.17, 15) is 4.79 Å². The van der Waals surface area contributed by atoms with E-state index in [1.807, 2.05) is 20.8 Å². The molecule has 118 valence electrons. The van der Waals surface area contributed by atoms with Crippen LogP contribution in [0.25, 0.3) is 0 Å². The quantitative estimate of drug-likeness (QED) is 0.785. The van der Waals surface area contributed by atoms with E-state index in [1.165, 1.54) is 19.3 Å². The third kappa shape index (κ3) is 4.74. The van der Waals surface area contributed by atoms with Crippen LogP contribution in [0.3, 0.4) is 0 Å². The molecule has 0 aromatic heterocycles. The largest absolute Gasteiger partial charge is 0.351 e. The van der Waals surface area contributed by atoms with Gasteiger partial charge in [-0.05, 0) is 52.0 Å². The van der Waals surface area contributed by atoms with Gasteiger partial charge in [-0.3, -0.25) is 9.69 Å². The molecule has 0 aromatic carbocycles. The van der Waals surface area contributed by atoms with E-state index in [2.05, 4.69) is 24.1 Å². The van der Waals surface area contributed by atoms with Gasteiger partial charge in [0.1, 0.15) is 0 Å². The van der Waals surface area contributed by atoms with E-state index in [4.69, 9.17) is 5.73 Å². The van der Waals surface area contributed by atoms with Crippen LogP contribution >= 0.6 is 0 Å². The van der Waals surface area contributed by atoms with Gasteiger partial charge in [-0.2, -0.15) is 0 Å². The molecule has 20 heavy (non-hydrogen) atoms. The van der Waals surface area contributed by atoms with Crippen LogP contribution in [0.5, 0.6) is 0 Å². The van der Waals surface area contributed by atoms with Crippen LogP contribution < -0.4 is 11.1 Å². The van der Waals surface area contributed by atoms with Crippen molar-refractivity contribution >= 4 is 5.91 Å². The standard InChI is InChI=1S/C16H33N3O/c1-6-16(7-2)8-9-19(12-16)13(11-17)10-14(20)18-15(3,4)5/h13H,6-12,17H2,1-5H3,(H,18,20). The van der Waals surface area contributed by atoms with E-state index in [0.717, 1.165) is 13.1 Å². The number of carbonyl (C=O) groups is 1. The van der Waals surface area contributed by atoms with E-state index >= 15 is 0 Å². The van der Waals surface area contributed by atoms with Gasteiger partial charge in [0.05, 0.1) is 0 Å². The monoisotopic (exact) mass is 283 g/mol. The van der Waals surface area contributed by atoms with Crippen molar-refractivity contribution in [2.45, 2.75) is 71.9 Å². The Morgan fingerprint density at radius 1 is 1.35 bits per heavy atom. The number of rotatable bonds is 6. The van der Waals surface area contributed by atoms with Crippen LogP contribution in [0.4, 0.5) is 0 Å². The molecule has 4 heteroatoms. The maximum atomic E-state index is 12.1. The minimum absolute atomic E-state index is 0.110. The average molecular weight is 283 g/mol. The first-order valence-electron chi connectivity index (χ1n) is 8.00. The summed E-state index contributed by atoms with van der Waals surface area (Å²) in [4.78, 5) is 14.5. The number of nitrogens with zero attached hydrogens (tertiary/aromatic N) is 1. The first-order valence-corrected chi connectivity index (χ1v) is 8.00. The summed E-state index contributed by atoms with van der Waals surface area (Å²) < 4.78 is 0. The molecule has 0 saturated carbocycles. The van der Waals surface area contributed by atoms with Gasteiger partial charge in [0.15, 0.2) is 0 Å². The zero-order chi connectivity index (χ0) is 15.4. The molecule has 1 aliphatic heterocycles. The first kappa shape index (κ1) is 17.4. The second-order valence-corrected chi connectivity index (χ2v) is 7.32. The van der Waals surface area contributed by atoms with E-state index in [-0.39, 0.29) is 17.5 Å². The fourth-order valence-electron chi connectivity index (χ4n) is 3.15. The number of nitrogens with two attached hydrogens (primary N) is 1. The summed E-state index contributed by atoms with van der Waals surface area (Å²) in [6, 6.07) is 0.178. The predicted octanol–water partition coefficient (Wildman–Crippen LogP) is 2.13. The van der Waals surface area contributed by atoms with Gasteiger partial charge in [0.2, 0.25) is 5.91 Å². The highest BCUT2D eigenvalue weighted by Crippen LogP contribution is 2.37. The summed E-state index contributed by atoms with van der Waals surface area (Å²) in [6.07, 6.45) is 4.17. The van der Waals surface area contributed by atoms with Gasteiger partial charge in [-0.15, -0.1) is 0 Å². The van der Waals surface area contributed by atoms with Crippen LogP contribution in [0.1, 0.15) is 60.3 Å². The van der Waals surface area contributed by atoms with Gasteiger partial charge in [-0.1, -0.05) is 13.8 Å². The lowest BCUT2D eigenvalue weighted by Crippen LogP contribution is -2.47. The SMILES string of the molecule is CCC1(CC)CCN(C(CN)CC(=O)NC(C)(C)C)C1. The Labute approximate surface area is 124 Å². The van der Waals surface area contributed by atoms with Crippen molar-refractivity contribution in [3.8, 4) is 0 Å². The number of carbonyl (C=O) groups excluding carboxylic acids is 1. The predicted molar refractivity (Wildman–Crippen MR) is 84.6 cm³/mol. The van der Waals surface area contributed by atoms with E-state index in [1.54, 1.807) is 0 Å². The summed E-state index contributed by atoms with van der Waals surface area (Å²) in [5.41, 5.74) is 6.18.